The first-order valence-corrected chi connectivity index (χ1v) is 14.3. The van der Waals surface area contributed by atoms with Crippen molar-refractivity contribution >= 4 is 11.6 Å². The van der Waals surface area contributed by atoms with Crippen LogP contribution in [0.25, 0.3) is 0 Å². The van der Waals surface area contributed by atoms with Crippen LogP contribution in [0.15, 0.2) is 71.9 Å². The number of piperidine rings is 3. The van der Waals surface area contributed by atoms with Crippen molar-refractivity contribution in [3.8, 4) is 23.0 Å². The molecule has 3 fully saturated rings. The molecule has 0 atom stereocenters. The number of amides is 1. The molecule has 3 aliphatic rings. The summed E-state index contributed by atoms with van der Waals surface area (Å²) in [5.74, 6) is 2.32. The topological polar surface area (TPSA) is 90.9 Å². The van der Waals surface area contributed by atoms with Crippen LogP contribution in [0, 0.1) is 5.41 Å². The van der Waals surface area contributed by atoms with Gasteiger partial charge < -0.3 is 34.0 Å². The fourth-order valence-corrected chi connectivity index (χ4v) is 5.48. The number of hydrogen-bond acceptors (Lipinski definition) is 8. The summed E-state index contributed by atoms with van der Waals surface area (Å²) < 4.78 is 22.9. The SMILES string of the molecule is CO/N=C(\C(=O)NCC12CCN(CC1)CC2)c1ccc(OCc2ccc(OC)cc2)c(OCc2ccc(OC)cc2)c1. The lowest BCUT2D eigenvalue weighted by Gasteiger charge is -2.48. The van der Waals surface area contributed by atoms with Crippen molar-refractivity contribution in [3.63, 3.8) is 0 Å². The zero-order valence-corrected chi connectivity index (χ0v) is 24.6. The molecule has 3 aromatic rings. The van der Waals surface area contributed by atoms with Gasteiger partial charge in [-0.3, -0.25) is 4.79 Å². The quantitative estimate of drug-likeness (QED) is 0.232. The van der Waals surface area contributed by atoms with E-state index < -0.39 is 0 Å². The lowest BCUT2D eigenvalue weighted by atomic mass is 9.72. The average molecular weight is 574 g/mol. The molecular formula is C33H39N3O6. The lowest BCUT2D eigenvalue weighted by molar-refractivity contribution is -0.116. The molecule has 0 radical (unpaired) electrons. The molecular weight excluding hydrogens is 534 g/mol. The summed E-state index contributed by atoms with van der Waals surface area (Å²) in [4.78, 5) is 21.0. The standard InChI is InChI=1S/C33H39N3O6/c1-38-27-9-4-24(5-10-27)21-41-29-13-8-26(20-30(29)42-22-25-6-11-28(39-2)12-7-25)31(35-40-3)32(37)34-23-33-14-17-36(18-15-33)19-16-33/h4-13,20H,14-19,21-23H2,1-3H3,(H,34,37)/b35-31-. The molecule has 3 heterocycles. The Labute approximate surface area is 247 Å². The minimum absolute atomic E-state index is 0.161. The number of rotatable bonds is 13. The first-order chi connectivity index (χ1) is 20.5. The van der Waals surface area contributed by atoms with E-state index in [1.54, 1.807) is 32.4 Å². The summed E-state index contributed by atoms with van der Waals surface area (Å²) >= 11 is 0. The zero-order valence-electron chi connectivity index (χ0n) is 24.6. The normalized spacial score (nSPS) is 19.6. The summed E-state index contributed by atoms with van der Waals surface area (Å²) in [6, 6.07) is 20.7. The highest BCUT2D eigenvalue weighted by Crippen LogP contribution is 2.39. The Hall–Kier alpha value is -4.24. The summed E-state index contributed by atoms with van der Waals surface area (Å²) in [5, 5.41) is 7.26. The predicted molar refractivity (Wildman–Crippen MR) is 160 cm³/mol. The highest BCUT2D eigenvalue weighted by molar-refractivity contribution is 6.45. The molecule has 1 amide bonds. The first-order valence-electron chi connectivity index (χ1n) is 14.3. The van der Waals surface area contributed by atoms with Gasteiger partial charge in [0.25, 0.3) is 5.91 Å². The average Bonchev–Trinajstić information content (AvgIpc) is 3.05. The maximum Gasteiger partial charge on any atom is 0.273 e. The molecule has 222 valence electrons. The molecule has 0 spiro atoms. The summed E-state index contributed by atoms with van der Waals surface area (Å²) in [6.45, 7) is 4.56. The molecule has 9 nitrogen and oxygen atoms in total. The third-order valence-corrected chi connectivity index (χ3v) is 8.22. The lowest BCUT2D eigenvalue weighted by Crippen LogP contribution is -2.53. The van der Waals surface area contributed by atoms with E-state index in [2.05, 4.69) is 15.4 Å². The third-order valence-electron chi connectivity index (χ3n) is 8.22. The zero-order chi connectivity index (χ0) is 29.4. The maximum atomic E-state index is 13.4. The fraction of sp³-hybridized carbons (Fsp3) is 0.394. The highest BCUT2D eigenvalue weighted by Gasteiger charge is 2.39. The fourth-order valence-electron chi connectivity index (χ4n) is 5.48. The van der Waals surface area contributed by atoms with Gasteiger partial charge in [-0.1, -0.05) is 29.4 Å². The Balaban J connectivity index is 1.34. The molecule has 0 unspecified atom stereocenters. The van der Waals surface area contributed by atoms with Crippen molar-refractivity contribution in [2.24, 2.45) is 10.6 Å². The molecule has 3 saturated heterocycles. The molecule has 6 rings (SSSR count). The van der Waals surface area contributed by atoms with Gasteiger partial charge in [0.15, 0.2) is 17.2 Å². The van der Waals surface area contributed by atoms with E-state index in [-0.39, 0.29) is 17.0 Å². The molecule has 3 aliphatic heterocycles. The first kappa shape index (κ1) is 29.3. The Morgan fingerprint density at radius 1 is 0.786 bits per heavy atom. The minimum atomic E-state index is -0.271. The van der Waals surface area contributed by atoms with Crippen molar-refractivity contribution in [2.75, 3.05) is 47.5 Å². The summed E-state index contributed by atoms with van der Waals surface area (Å²) in [6.07, 6.45) is 3.31. The van der Waals surface area contributed by atoms with Crippen molar-refractivity contribution in [3.05, 3.63) is 83.4 Å². The van der Waals surface area contributed by atoms with Crippen LogP contribution in [-0.2, 0) is 22.8 Å². The number of methoxy groups -OCH3 is 2. The monoisotopic (exact) mass is 573 g/mol. The predicted octanol–water partition coefficient (Wildman–Crippen LogP) is 4.81. The molecule has 9 heteroatoms. The van der Waals surface area contributed by atoms with Crippen molar-refractivity contribution in [1.82, 2.24) is 10.2 Å². The number of benzene rings is 3. The number of carbonyl (C=O) groups is 1. The molecule has 3 aromatic carbocycles. The van der Waals surface area contributed by atoms with E-state index in [1.165, 1.54) is 7.11 Å². The van der Waals surface area contributed by atoms with Crippen LogP contribution in [-0.4, -0.2) is 64.0 Å². The third kappa shape index (κ3) is 7.15. The van der Waals surface area contributed by atoms with Gasteiger partial charge in [-0.25, -0.2) is 0 Å². The van der Waals surface area contributed by atoms with Crippen LogP contribution in [0.4, 0.5) is 0 Å². The maximum absolute atomic E-state index is 13.4. The number of carbonyl (C=O) groups excluding carboxylic acids is 1. The molecule has 42 heavy (non-hydrogen) atoms. The van der Waals surface area contributed by atoms with Gasteiger partial charge in [0, 0.05) is 12.1 Å². The molecule has 1 N–H and O–H groups in total. The van der Waals surface area contributed by atoms with Crippen molar-refractivity contribution in [2.45, 2.75) is 32.5 Å². The number of nitrogens with zero attached hydrogens (tertiary/aromatic N) is 2. The van der Waals surface area contributed by atoms with Gasteiger partial charge in [0.05, 0.1) is 14.2 Å². The van der Waals surface area contributed by atoms with Gasteiger partial charge >= 0.3 is 0 Å². The number of oxime groups is 1. The minimum Gasteiger partial charge on any atom is -0.497 e. The number of hydrogen-bond donors (Lipinski definition) is 1. The number of fused-ring (bicyclic) bond motifs is 3. The molecule has 2 bridgehead atoms. The van der Waals surface area contributed by atoms with E-state index in [9.17, 15) is 4.79 Å². The molecule has 0 aliphatic carbocycles. The second-order valence-electron chi connectivity index (χ2n) is 10.8. The van der Waals surface area contributed by atoms with Gasteiger partial charge in [-0.2, -0.15) is 0 Å². The van der Waals surface area contributed by atoms with E-state index in [1.807, 2.05) is 48.5 Å². The van der Waals surface area contributed by atoms with Crippen molar-refractivity contribution in [1.29, 1.82) is 0 Å². The van der Waals surface area contributed by atoms with Gasteiger partial charge in [-0.15, -0.1) is 0 Å². The molecule has 0 aromatic heterocycles. The van der Waals surface area contributed by atoms with Crippen LogP contribution in [0.3, 0.4) is 0 Å². The van der Waals surface area contributed by atoms with E-state index >= 15 is 0 Å². The van der Waals surface area contributed by atoms with Crippen LogP contribution >= 0.6 is 0 Å². The summed E-state index contributed by atoms with van der Waals surface area (Å²) in [7, 11) is 4.71. The van der Waals surface area contributed by atoms with Gasteiger partial charge in [0.2, 0.25) is 0 Å². The second-order valence-corrected chi connectivity index (χ2v) is 10.8. The van der Waals surface area contributed by atoms with Gasteiger partial charge in [-0.05, 0) is 97.9 Å². The number of ether oxygens (including phenoxy) is 4. The number of nitrogens with one attached hydrogen (secondary N) is 1. The largest absolute Gasteiger partial charge is 0.497 e. The van der Waals surface area contributed by atoms with E-state index in [0.29, 0.717) is 36.8 Å². The van der Waals surface area contributed by atoms with Crippen molar-refractivity contribution < 1.29 is 28.6 Å². The Bertz CT molecular complexity index is 1350. The Kier molecular flexibility index (Phi) is 9.48. The summed E-state index contributed by atoms with van der Waals surface area (Å²) in [5.41, 5.74) is 2.87. The molecule has 0 saturated carbocycles. The smallest absolute Gasteiger partial charge is 0.273 e. The van der Waals surface area contributed by atoms with Gasteiger partial charge in [0.1, 0.15) is 31.8 Å². The Morgan fingerprint density at radius 2 is 1.33 bits per heavy atom. The van der Waals surface area contributed by atoms with Crippen LogP contribution in [0.2, 0.25) is 0 Å². The highest BCUT2D eigenvalue weighted by atomic mass is 16.6. The Morgan fingerprint density at radius 3 is 1.86 bits per heavy atom. The van der Waals surface area contributed by atoms with Crippen LogP contribution < -0.4 is 24.3 Å². The van der Waals surface area contributed by atoms with Crippen LogP contribution in [0.5, 0.6) is 23.0 Å². The second kappa shape index (κ2) is 13.6. The van der Waals surface area contributed by atoms with E-state index in [0.717, 1.165) is 61.5 Å². The van der Waals surface area contributed by atoms with Crippen LogP contribution in [0.1, 0.15) is 36.0 Å². The van der Waals surface area contributed by atoms with E-state index in [4.69, 9.17) is 23.8 Å².